The summed E-state index contributed by atoms with van der Waals surface area (Å²) in [4.78, 5) is 25.0. The third kappa shape index (κ3) is 6.51. The number of hydrogen-bond acceptors (Lipinski definition) is 5. The van der Waals surface area contributed by atoms with Crippen molar-refractivity contribution in [2.75, 3.05) is 0 Å². The average molecular weight is 464 g/mol. The molecule has 0 fully saturated rings. The van der Waals surface area contributed by atoms with E-state index in [1.807, 2.05) is 12.1 Å². The van der Waals surface area contributed by atoms with Crippen LogP contribution in [0.5, 0.6) is 0 Å². The SMILES string of the molecule is O=C(CC(Sc1ccc(Cl)cc1)c1ccc([N+](=O)[O-])cc1)Sc1ccc(Cl)cc1. The Balaban J connectivity index is 1.79. The molecule has 0 saturated heterocycles. The van der Waals surface area contributed by atoms with E-state index >= 15 is 0 Å². The molecule has 0 bridgehead atoms. The second-order valence-electron chi connectivity index (χ2n) is 6.04. The number of nitro groups is 1. The van der Waals surface area contributed by atoms with Gasteiger partial charge in [0.25, 0.3) is 5.69 Å². The lowest BCUT2D eigenvalue weighted by molar-refractivity contribution is -0.384. The third-order valence-electron chi connectivity index (χ3n) is 3.97. The molecule has 148 valence electrons. The van der Waals surface area contributed by atoms with Crippen molar-refractivity contribution in [3.8, 4) is 0 Å². The van der Waals surface area contributed by atoms with Gasteiger partial charge in [0.1, 0.15) is 0 Å². The summed E-state index contributed by atoms with van der Waals surface area (Å²) in [6.07, 6.45) is 0.262. The first-order valence-electron chi connectivity index (χ1n) is 8.53. The maximum atomic E-state index is 12.7. The first-order chi connectivity index (χ1) is 13.9. The maximum Gasteiger partial charge on any atom is 0.269 e. The molecule has 0 spiro atoms. The van der Waals surface area contributed by atoms with Crippen LogP contribution < -0.4 is 0 Å². The lowest BCUT2D eigenvalue weighted by atomic mass is 10.1. The molecule has 0 N–H and O–H groups in total. The molecule has 4 nitrogen and oxygen atoms in total. The Morgan fingerprint density at radius 3 is 1.90 bits per heavy atom. The molecule has 0 saturated carbocycles. The fourth-order valence-corrected chi connectivity index (χ4v) is 4.84. The quantitative estimate of drug-likeness (QED) is 0.207. The molecule has 0 aliphatic carbocycles. The Labute approximate surface area is 186 Å². The van der Waals surface area contributed by atoms with Gasteiger partial charge in [0, 0.05) is 43.6 Å². The Hall–Kier alpha value is -1.99. The van der Waals surface area contributed by atoms with Gasteiger partial charge in [0.15, 0.2) is 5.12 Å². The van der Waals surface area contributed by atoms with E-state index < -0.39 is 4.92 Å². The first kappa shape index (κ1) is 21.7. The van der Waals surface area contributed by atoms with Crippen LogP contribution >= 0.6 is 46.7 Å². The molecule has 0 amide bonds. The smallest absolute Gasteiger partial charge is 0.269 e. The molecule has 3 aromatic carbocycles. The van der Waals surface area contributed by atoms with Gasteiger partial charge < -0.3 is 0 Å². The van der Waals surface area contributed by atoms with Crippen LogP contribution in [0.1, 0.15) is 17.2 Å². The molecule has 29 heavy (non-hydrogen) atoms. The summed E-state index contributed by atoms with van der Waals surface area (Å²) in [5.41, 5.74) is 0.867. The predicted octanol–water partition coefficient (Wildman–Crippen LogP) is 7.44. The zero-order valence-electron chi connectivity index (χ0n) is 15.0. The highest BCUT2D eigenvalue weighted by atomic mass is 35.5. The van der Waals surface area contributed by atoms with Crippen LogP contribution in [0.3, 0.4) is 0 Å². The lowest BCUT2D eigenvalue weighted by Crippen LogP contribution is -2.02. The van der Waals surface area contributed by atoms with Crippen LogP contribution in [0.4, 0.5) is 5.69 Å². The number of thioether (sulfide) groups is 2. The maximum absolute atomic E-state index is 12.7. The molecule has 0 aromatic heterocycles. The van der Waals surface area contributed by atoms with Crippen LogP contribution in [0.15, 0.2) is 82.6 Å². The number of hydrogen-bond donors (Lipinski definition) is 0. The van der Waals surface area contributed by atoms with Crippen molar-refractivity contribution < 1.29 is 9.72 Å². The Bertz CT molecular complexity index is 994. The van der Waals surface area contributed by atoms with E-state index in [1.165, 1.54) is 23.9 Å². The van der Waals surface area contributed by atoms with Crippen molar-refractivity contribution in [3.05, 3.63) is 98.5 Å². The minimum Gasteiger partial charge on any atom is -0.287 e. The minimum absolute atomic E-state index is 0.00265. The van der Waals surface area contributed by atoms with E-state index in [9.17, 15) is 14.9 Å². The molecule has 3 rings (SSSR count). The van der Waals surface area contributed by atoms with Gasteiger partial charge in [-0.05, 0) is 54.1 Å². The van der Waals surface area contributed by atoms with Crippen molar-refractivity contribution in [2.45, 2.75) is 21.5 Å². The van der Waals surface area contributed by atoms with Crippen LogP contribution in [0, 0.1) is 10.1 Å². The van der Waals surface area contributed by atoms with Gasteiger partial charge in [-0.3, -0.25) is 14.9 Å². The Kier molecular flexibility index (Phi) is 7.61. The molecule has 0 heterocycles. The topological polar surface area (TPSA) is 60.2 Å². The van der Waals surface area contributed by atoms with E-state index in [0.29, 0.717) is 10.0 Å². The molecular weight excluding hydrogens is 449 g/mol. The van der Waals surface area contributed by atoms with Crippen molar-refractivity contribution in [1.29, 1.82) is 0 Å². The molecular formula is C21H15Cl2NO3S2. The molecule has 3 aromatic rings. The van der Waals surface area contributed by atoms with Gasteiger partial charge >= 0.3 is 0 Å². The van der Waals surface area contributed by atoms with Crippen LogP contribution in [-0.4, -0.2) is 10.0 Å². The molecule has 0 aliphatic heterocycles. The molecule has 0 aliphatic rings. The van der Waals surface area contributed by atoms with E-state index in [0.717, 1.165) is 27.1 Å². The highest BCUT2D eigenvalue weighted by Crippen LogP contribution is 2.40. The molecule has 0 radical (unpaired) electrons. The third-order valence-corrected chi connectivity index (χ3v) is 6.64. The largest absolute Gasteiger partial charge is 0.287 e. The number of carbonyl (C=O) groups excluding carboxylic acids is 1. The van der Waals surface area contributed by atoms with Crippen LogP contribution in [-0.2, 0) is 4.79 Å². The van der Waals surface area contributed by atoms with E-state index in [-0.39, 0.29) is 22.5 Å². The van der Waals surface area contributed by atoms with Gasteiger partial charge in [0.05, 0.1) is 4.92 Å². The summed E-state index contributed by atoms with van der Waals surface area (Å²) in [6, 6.07) is 20.8. The monoisotopic (exact) mass is 463 g/mol. The zero-order valence-corrected chi connectivity index (χ0v) is 18.1. The number of benzene rings is 3. The van der Waals surface area contributed by atoms with Crippen LogP contribution in [0.25, 0.3) is 0 Å². The molecule has 8 heteroatoms. The van der Waals surface area contributed by atoms with Gasteiger partial charge in [0.2, 0.25) is 0 Å². The summed E-state index contributed by atoms with van der Waals surface area (Å²) in [6.45, 7) is 0. The van der Waals surface area contributed by atoms with Crippen molar-refractivity contribution in [3.63, 3.8) is 0 Å². The summed E-state index contributed by atoms with van der Waals surface area (Å²) in [5, 5.41) is 12.0. The highest BCUT2D eigenvalue weighted by Gasteiger charge is 2.20. The number of nitro benzene ring substituents is 1. The number of halogens is 2. The fraction of sp³-hybridized carbons (Fsp3) is 0.0952. The Morgan fingerprint density at radius 1 is 0.862 bits per heavy atom. The Morgan fingerprint density at radius 2 is 1.38 bits per heavy atom. The average Bonchev–Trinajstić information content (AvgIpc) is 2.71. The van der Waals surface area contributed by atoms with Gasteiger partial charge in [-0.25, -0.2) is 0 Å². The molecule has 1 unspecified atom stereocenters. The number of non-ortho nitro benzene ring substituents is 1. The lowest BCUT2D eigenvalue weighted by Gasteiger charge is -2.16. The fourth-order valence-electron chi connectivity index (χ4n) is 2.54. The summed E-state index contributed by atoms with van der Waals surface area (Å²) >= 11 is 14.5. The second-order valence-corrected chi connectivity index (χ2v) is 9.32. The van der Waals surface area contributed by atoms with Crippen LogP contribution in [0.2, 0.25) is 10.0 Å². The predicted molar refractivity (Wildman–Crippen MR) is 120 cm³/mol. The number of nitrogens with zero attached hydrogens (tertiary/aromatic N) is 1. The number of carbonyl (C=O) groups is 1. The minimum atomic E-state index is -0.438. The zero-order chi connectivity index (χ0) is 20.8. The highest BCUT2D eigenvalue weighted by molar-refractivity contribution is 8.13. The normalized spacial score (nSPS) is 11.8. The van der Waals surface area contributed by atoms with E-state index in [4.69, 9.17) is 23.2 Å². The summed E-state index contributed by atoms with van der Waals surface area (Å²) in [5.74, 6) is 0. The van der Waals surface area contributed by atoms with Crippen molar-refractivity contribution in [2.24, 2.45) is 0 Å². The van der Waals surface area contributed by atoms with Gasteiger partial charge in [-0.2, -0.15) is 0 Å². The first-order valence-corrected chi connectivity index (χ1v) is 11.0. The van der Waals surface area contributed by atoms with Crippen molar-refractivity contribution in [1.82, 2.24) is 0 Å². The summed E-state index contributed by atoms with van der Waals surface area (Å²) in [7, 11) is 0. The van der Waals surface area contributed by atoms with Gasteiger partial charge in [-0.15, -0.1) is 11.8 Å². The molecule has 1 atom stereocenters. The summed E-state index contributed by atoms with van der Waals surface area (Å²) < 4.78 is 0. The van der Waals surface area contributed by atoms with E-state index in [2.05, 4.69) is 0 Å². The van der Waals surface area contributed by atoms with E-state index in [1.54, 1.807) is 48.5 Å². The van der Waals surface area contributed by atoms with Gasteiger partial charge in [-0.1, -0.05) is 47.1 Å². The second kappa shape index (κ2) is 10.2. The standard InChI is InChI=1S/C21H15Cl2NO3S2/c22-15-3-9-18(10-4-15)28-20(14-1-7-17(8-2-14)24(26)27)13-21(25)29-19-11-5-16(23)6-12-19/h1-12,20H,13H2. The van der Waals surface area contributed by atoms with Crippen molar-refractivity contribution >= 4 is 57.5 Å². The number of rotatable bonds is 7.